The molecule has 80 valence electrons. The molecule has 1 aliphatic carbocycles. The van der Waals surface area contributed by atoms with Crippen LogP contribution in [-0.2, 0) is 6.42 Å². The molecule has 0 saturated carbocycles. The van der Waals surface area contributed by atoms with E-state index < -0.39 is 0 Å². The number of aromatic nitrogens is 2. The van der Waals surface area contributed by atoms with E-state index in [4.69, 9.17) is 0 Å². The number of fused-ring (bicyclic) bond motifs is 5. The lowest BCUT2D eigenvalue weighted by Crippen LogP contribution is -1.85. The van der Waals surface area contributed by atoms with Gasteiger partial charge in [-0.3, -0.25) is 9.97 Å². The van der Waals surface area contributed by atoms with Crippen LogP contribution in [-0.4, -0.2) is 9.97 Å². The minimum Gasteiger partial charge on any atom is -0.264 e. The Morgan fingerprint density at radius 3 is 2.71 bits per heavy atom. The highest BCUT2D eigenvalue weighted by Gasteiger charge is 2.19. The number of hydrogen-bond donors (Lipinski definition) is 0. The number of rotatable bonds is 0. The normalized spacial score (nSPS) is 12.5. The molecule has 0 spiro atoms. The van der Waals surface area contributed by atoms with Crippen LogP contribution in [0.2, 0.25) is 0 Å². The number of benzene rings is 1. The molecule has 1 aliphatic rings. The average Bonchev–Trinajstić information content (AvgIpc) is 2.78. The van der Waals surface area contributed by atoms with E-state index in [1.54, 1.807) is 0 Å². The summed E-state index contributed by atoms with van der Waals surface area (Å²) in [4.78, 5) is 8.44. The maximum absolute atomic E-state index is 4.24. The highest BCUT2D eigenvalue weighted by Crippen LogP contribution is 2.39. The Labute approximate surface area is 99.0 Å². The van der Waals surface area contributed by atoms with Gasteiger partial charge in [-0.1, -0.05) is 12.1 Å². The Balaban J connectivity index is 2.11. The molecule has 2 heteroatoms. The van der Waals surface area contributed by atoms with E-state index in [1.165, 1.54) is 33.0 Å². The fourth-order valence-electron chi connectivity index (χ4n) is 2.69. The quantitative estimate of drug-likeness (QED) is 0.453. The van der Waals surface area contributed by atoms with Gasteiger partial charge in [-0.2, -0.15) is 0 Å². The molecule has 2 heterocycles. The molecule has 0 unspecified atom stereocenters. The summed E-state index contributed by atoms with van der Waals surface area (Å²) in [6, 6.07) is 8.55. The first kappa shape index (κ1) is 8.88. The van der Waals surface area contributed by atoms with Crippen molar-refractivity contribution in [3.8, 4) is 11.1 Å². The van der Waals surface area contributed by atoms with Gasteiger partial charge in [-0.15, -0.1) is 0 Å². The molecule has 2 aromatic heterocycles. The molecule has 0 bridgehead atoms. The topological polar surface area (TPSA) is 25.8 Å². The summed E-state index contributed by atoms with van der Waals surface area (Å²) in [6.07, 6.45) is 8.62. The first-order chi connectivity index (χ1) is 8.43. The third-order valence-corrected chi connectivity index (χ3v) is 3.50. The van der Waals surface area contributed by atoms with Gasteiger partial charge in [0.1, 0.15) is 0 Å². The molecular weight excluding hydrogens is 208 g/mol. The standard InChI is InChI=1S/C15H10N2/c1-2-13-12-4-6-16-8-11(12)7-14(13)15-9-17-5-3-10(1)15/h1-6,8-9H,7H2. The third-order valence-electron chi connectivity index (χ3n) is 3.50. The fourth-order valence-corrected chi connectivity index (χ4v) is 2.69. The van der Waals surface area contributed by atoms with Crippen molar-refractivity contribution < 1.29 is 0 Å². The zero-order valence-corrected chi connectivity index (χ0v) is 9.22. The Bertz CT molecular complexity index is 732. The van der Waals surface area contributed by atoms with Crippen LogP contribution in [0, 0.1) is 0 Å². The van der Waals surface area contributed by atoms with E-state index in [0.29, 0.717) is 0 Å². The van der Waals surface area contributed by atoms with Crippen molar-refractivity contribution in [2.24, 2.45) is 0 Å². The molecule has 0 N–H and O–H groups in total. The van der Waals surface area contributed by atoms with Gasteiger partial charge in [0.15, 0.2) is 0 Å². The van der Waals surface area contributed by atoms with Gasteiger partial charge >= 0.3 is 0 Å². The van der Waals surface area contributed by atoms with E-state index in [-0.39, 0.29) is 0 Å². The number of pyridine rings is 2. The van der Waals surface area contributed by atoms with Crippen LogP contribution < -0.4 is 0 Å². The van der Waals surface area contributed by atoms with Gasteiger partial charge in [0.25, 0.3) is 0 Å². The van der Waals surface area contributed by atoms with Gasteiger partial charge in [0, 0.05) is 36.6 Å². The molecule has 0 atom stereocenters. The minimum atomic E-state index is 0.974. The SMILES string of the molecule is c1cc2c(cn1)Cc1c-2ccc2ccncc12. The molecule has 0 amide bonds. The van der Waals surface area contributed by atoms with Crippen LogP contribution in [0.3, 0.4) is 0 Å². The van der Waals surface area contributed by atoms with Gasteiger partial charge in [-0.25, -0.2) is 0 Å². The Kier molecular flexibility index (Phi) is 1.64. The van der Waals surface area contributed by atoms with Crippen molar-refractivity contribution >= 4 is 10.8 Å². The number of nitrogens with zero attached hydrogens (tertiary/aromatic N) is 2. The van der Waals surface area contributed by atoms with E-state index in [0.717, 1.165) is 6.42 Å². The monoisotopic (exact) mass is 218 g/mol. The first-order valence-corrected chi connectivity index (χ1v) is 5.72. The van der Waals surface area contributed by atoms with Crippen LogP contribution in [0.15, 0.2) is 49.1 Å². The van der Waals surface area contributed by atoms with E-state index in [9.17, 15) is 0 Å². The Hall–Kier alpha value is -2.22. The van der Waals surface area contributed by atoms with E-state index in [1.807, 2.05) is 24.8 Å². The summed E-state index contributed by atoms with van der Waals surface area (Å²) < 4.78 is 0. The van der Waals surface area contributed by atoms with E-state index in [2.05, 4.69) is 34.2 Å². The van der Waals surface area contributed by atoms with Crippen LogP contribution in [0.4, 0.5) is 0 Å². The summed E-state index contributed by atoms with van der Waals surface area (Å²) in [5.74, 6) is 0. The molecule has 0 radical (unpaired) electrons. The van der Waals surface area contributed by atoms with Gasteiger partial charge in [0.05, 0.1) is 0 Å². The Morgan fingerprint density at radius 1 is 0.824 bits per heavy atom. The van der Waals surface area contributed by atoms with Crippen LogP contribution >= 0.6 is 0 Å². The third kappa shape index (κ3) is 1.15. The molecule has 0 aliphatic heterocycles. The van der Waals surface area contributed by atoms with Crippen LogP contribution in [0.25, 0.3) is 21.9 Å². The molecule has 0 fully saturated rings. The lowest BCUT2D eigenvalue weighted by atomic mass is 10.0. The van der Waals surface area contributed by atoms with Gasteiger partial charge < -0.3 is 0 Å². The van der Waals surface area contributed by atoms with Crippen molar-refractivity contribution in [2.45, 2.75) is 6.42 Å². The predicted octanol–water partition coefficient (Wildman–Crippen LogP) is 3.20. The smallest absolute Gasteiger partial charge is 0.0349 e. The second-order valence-corrected chi connectivity index (χ2v) is 4.40. The lowest BCUT2D eigenvalue weighted by Gasteiger charge is -2.04. The van der Waals surface area contributed by atoms with Crippen LogP contribution in [0.1, 0.15) is 11.1 Å². The van der Waals surface area contributed by atoms with Crippen molar-refractivity contribution in [3.63, 3.8) is 0 Å². The van der Waals surface area contributed by atoms with Crippen molar-refractivity contribution in [2.75, 3.05) is 0 Å². The summed E-state index contributed by atoms with van der Waals surface area (Å²) in [6.45, 7) is 0. The summed E-state index contributed by atoms with van der Waals surface area (Å²) >= 11 is 0. The molecule has 4 rings (SSSR count). The summed E-state index contributed by atoms with van der Waals surface area (Å²) in [5.41, 5.74) is 5.36. The predicted molar refractivity (Wildman–Crippen MR) is 67.8 cm³/mol. The average molecular weight is 218 g/mol. The maximum Gasteiger partial charge on any atom is 0.0349 e. The van der Waals surface area contributed by atoms with Crippen molar-refractivity contribution in [1.29, 1.82) is 0 Å². The van der Waals surface area contributed by atoms with Crippen molar-refractivity contribution in [3.05, 3.63) is 60.2 Å². The molecule has 17 heavy (non-hydrogen) atoms. The zero-order chi connectivity index (χ0) is 11.2. The van der Waals surface area contributed by atoms with Crippen LogP contribution in [0.5, 0.6) is 0 Å². The second kappa shape index (κ2) is 3.14. The highest BCUT2D eigenvalue weighted by molar-refractivity contribution is 5.94. The highest BCUT2D eigenvalue weighted by atomic mass is 14.6. The number of hydrogen-bond acceptors (Lipinski definition) is 2. The molecule has 1 aromatic carbocycles. The summed E-state index contributed by atoms with van der Waals surface area (Å²) in [7, 11) is 0. The van der Waals surface area contributed by atoms with Gasteiger partial charge in [-0.05, 0) is 39.8 Å². The second-order valence-electron chi connectivity index (χ2n) is 4.40. The zero-order valence-electron chi connectivity index (χ0n) is 9.22. The summed E-state index contributed by atoms with van der Waals surface area (Å²) in [5, 5.41) is 2.53. The van der Waals surface area contributed by atoms with Crippen molar-refractivity contribution in [1.82, 2.24) is 9.97 Å². The lowest BCUT2D eigenvalue weighted by molar-refractivity contribution is 1.21. The largest absolute Gasteiger partial charge is 0.264 e. The molecule has 0 saturated heterocycles. The fraction of sp³-hybridized carbons (Fsp3) is 0.0667. The maximum atomic E-state index is 4.24. The van der Waals surface area contributed by atoms with Gasteiger partial charge in [0.2, 0.25) is 0 Å². The van der Waals surface area contributed by atoms with E-state index >= 15 is 0 Å². The Morgan fingerprint density at radius 2 is 1.71 bits per heavy atom. The minimum absolute atomic E-state index is 0.974. The first-order valence-electron chi connectivity index (χ1n) is 5.72. The molecule has 3 aromatic rings. The molecule has 2 nitrogen and oxygen atoms in total. The molecular formula is C15H10N2.